The number of rotatable bonds is 31. The van der Waals surface area contributed by atoms with Crippen LogP contribution in [0.15, 0.2) is 176 Å². The Bertz CT molecular complexity index is 3710. The molecule has 7 aromatic carbocycles. The molecule has 10 rings (SSSR count). The van der Waals surface area contributed by atoms with Crippen molar-refractivity contribution in [2.45, 2.75) is 145 Å². The van der Waals surface area contributed by atoms with E-state index in [1.807, 2.05) is 183 Å². The Morgan fingerprint density at radius 3 is 0.886 bits per heavy atom. The minimum Gasteiger partial charge on any atom is -0.383 e. The van der Waals surface area contributed by atoms with Crippen molar-refractivity contribution < 1.29 is 28.8 Å². The molecule has 114 heavy (non-hydrogen) atoms. The van der Waals surface area contributed by atoms with Crippen molar-refractivity contribution in [3.8, 4) is 0 Å². The highest BCUT2D eigenvalue weighted by atomic mass is 16.2. The van der Waals surface area contributed by atoms with Crippen LogP contribution in [0.2, 0.25) is 0 Å². The number of nitrogens with two attached hydrogens (primary N) is 1. The lowest BCUT2D eigenvalue weighted by Crippen LogP contribution is -2.46. The fourth-order valence-corrected chi connectivity index (χ4v) is 12.5. The summed E-state index contributed by atoms with van der Waals surface area (Å²) in [6.45, 7) is 48.5. The first-order chi connectivity index (χ1) is 54.8. The summed E-state index contributed by atoms with van der Waals surface area (Å²) in [4.78, 5) is 81.0. The van der Waals surface area contributed by atoms with Crippen molar-refractivity contribution in [2.75, 3.05) is 163 Å². The number of carbonyl (C=O) groups excluding carboxylic acids is 6. The SMILES string of the molecule is CC(C)c1ccc(C(=O)NCCN)cc1.CC(C)c1ccc(C(=O)NCCN2CCCCC2)cc1.CC(C)c1ccc(C(=O)NCCN2CCN(C)CC2)cc1.CC(C)c1ccc(C(=O)NCCN2CCNCC2)cc1.CC(C)c1ccc(C(=O)NCCNc2ccccc2)cc1.CCNCCNC(=O)c1ccc(C(C)C)cc1. The predicted molar refractivity (Wildman–Crippen MR) is 473 cm³/mol. The molecule has 0 spiro atoms. The molecule has 0 atom stereocenters. The molecule has 6 amide bonds. The Hall–Kier alpha value is -9.12. The lowest BCUT2D eigenvalue weighted by atomic mass is 10.0. The molecular weight excluding hydrogens is 1420 g/mol. The van der Waals surface area contributed by atoms with E-state index in [1.165, 1.54) is 65.7 Å². The van der Waals surface area contributed by atoms with E-state index in [-0.39, 0.29) is 35.4 Å². The number of para-hydroxylation sites is 1. The van der Waals surface area contributed by atoms with Gasteiger partial charge in [-0.25, -0.2) is 0 Å². The first kappa shape index (κ1) is 95.5. The summed E-state index contributed by atoms with van der Waals surface area (Å²) < 4.78 is 0. The Morgan fingerprint density at radius 1 is 0.325 bits per heavy atom. The van der Waals surface area contributed by atoms with Crippen molar-refractivity contribution in [1.82, 2.24) is 62.1 Å². The zero-order chi connectivity index (χ0) is 83.0. The van der Waals surface area contributed by atoms with Gasteiger partial charge in [-0.2, -0.15) is 0 Å². The molecule has 3 heterocycles. The molecule has 20 heteroatoms. The summed E-state index contributed by atoms with van der Waals surface area (Å²) in [6, 6.07) is 57.0. The Morgan fingerprint density at radius 2 is 0.596 bits per heavy atom. The van der Waals surface area contributed by atoms with E-state index in [2.05, 4.69) is 158 Å². The molecule has 3 saturated heterocycles. The molecule has 3 aliphatic rings. The summed E-state index contributed by atoms with van der Waals surface area (Å²) in [6.07, 6.45) is 3.94. The standard InChI is InChI=1S/C18H22N2O.C17H27N3O.C17H26N2O.C16H25N3O.C14H22N2O.C12H18N2O/c1-14(2)15-8-10-16(11-9-15)18(21)20-13-12-19-17-6-4-3-5-7-17;1-14(2)15-4-6-16(7-5-15)17(21)18-8-9-20-12-10-19(3)11-13-20;1-14(2)15-6-8-16(9-7-15)17(20)18-10-13-19-11-4-3-5-12-19;1-13(2)14-3-5-15(6-4-14)16(20)18-9-12-19-10-7-17-8-11-19;1-4-15-9-10-16-14(17)13-7-5-12(6-8-13)11(2)3;1-9(2)10-3-5-11(6-4-10)12(15)14-8-7-13/h3-11,14,19H,12-13H2,1-2H3,(H,20,21);4-7,14H,8-13H2,1-3H3,(H,18,21);6-9,14H,3-5,10-13H2,1-2H3,(H,18,20);3-6,13,17H,7-12H2,1-2H3,(H,18,20);5-8,11,15H,4,9-10H2,1-3H3,(H,16,17);3-6,9H,7-8,13H2,1-2H3,(H,14,15). The second-order valence-corrected chi connectivity index (χ2v) is 31.3. The van der Waals surface area contributed by atoms with Gasteiger partial charge in [-0.15, -0.1) is 0 Å². The van der Waals surface area contributed by atoms with Crippen LogP contribution in [-0.4, -0.2) is 213 Å². The Balaban J connectivity index is 0.000000245. The number of likely N-dealkylation sites (tertiary alicyclic amines) is 1. The second kappa shape index (κ2) is 54.6. The zero-order valence-corrected chi connectivity index (χ0v) is 71.4. The Labute approximate surface area is 684 Å². The first-order valence-corrected chi connectivity index (χ1v) is 41.9. The van der Waals surface area contributed by atoms with Crippen molar-refractivity contribution in [3.05, 3.63) is 243 Å². The molecule has 622 valence electrons. The number of likely N-dealkylation sites (N-methyl/N-ethyl adjacent to an activating group) is 2. The average Bonchev–Trinajstić information content (AvgIpc) is 0.898. The van der Waals surface area contributed by atoms with Gasteiger partial charge in [0.1, 0.15) is 0 Å². The molecule has 3 aliphatic heterocycles. The molecule has 0 aliphatic carbocycles. The highest BCUT2D eigenvalue weighted by Crippen LogP contribution is 2.21. The van der Waals surface area contributed by atoms with E-state index in [4.69, 9.17) is 5.73 Å². The number of nitrogens with zero attached hydrogens (tertiary/aromatic N) is 4. The quantitative estimate of drug-likeness (QED) is 0.0182. The number of carbonyl (C=O) groups is 6. The molecule has 0 aromatic heterocycles. The number of benzene rings is 7. The van der Waals surface area contributed by atoms with Crippen LogP contribution in [0, 0.1) is 0 Å². The van der Waals surface area contributed by atoms with Crippen LogP contribution >= 0.6 is 0 Å². The van der Waals surface area contributed by atoms with Crippen LogP contribution in [0.1, 0.15) is 240 Å². The molecule has 7 aromatic rings. The smallest absolute Gasteiger partial charge is 0.251 e. The van der Waals surface area contributed by atoms with E-state index in [0.29, 0.717) is 92.4 Å². The van der Waals surface area contributed by atoms with Crippen LogP contribution in [-0.2, 0) is 0 Å². The van der Waals surface area contributed by atoms with Gasteiger partial charge in [0.15, 0.2) is 0 Å². The zero-order valence-electron chi connectivity index (χ0n) is 71.4. The maximum Gasteiger partial charge on any atom is 0.251 e. The molecule has 11 N–H and O–H groups in total. The van der Waals surface area contributed by atoms with Gasteiger partial charge in [0.2, 0.25) is 0 Å². The van der Waals surface area contributed by atoms with Gasteiger partial charge in [-0.05, 0) is 193 Å². The van der Waals surface area contributed by atoms with Crippen LogP contribution in [0.5, 0.6) is 0 Å². The fourth-order valence-electron chi connectivity index (χ4n) is 12.5. The molecule has 3 fully saturated rings. The van der Waals surface area contributed by atoms with Gasteiger partial charge in [-0.1, -0.05) is 187 Å². The van der Waals surface area contributed by atoms with E-state index < -0.39 is 0 Å². The van der Waals surface area contributed by atoms with E-state index >= 15 is 0 Å². The number of piperidine rings is 1. The maximum absolute atomic E-state index is 12.1. The molecule has 20 nitrogen and oxygen atoms in total. The number of nitrogens with one attached hydrogen (secondary N) is 9. The second-order valence-electron chi connectivity index (χ2n) is 31.3. The molecule has 0 saturated carbocycles. The lowest BCUT2D eigenvalue weighted by Gasteiger charge is -2.32. The largest absolute Gasteiger partial charge is 0.383 e. The van der Waals surface area contributed by atoms with E-state index in [1.54, 1.807) is 0 Å². The highest BCUT2D eigenvalue weighted by Gasteiger charge is 2.17. The third-order valence-electron chi connectivity index (χ3n) is 20.2. The van der Waals surface area contributed by atoms with E-state index in [0.717, 1.165) is 120 Å². The third-order valence-corrected chi connectivity index (χ3v) is 20.2. The van der Waals surface area contributed by atoms with E-state index in [9.17, 15) is 28.8 Å². The van der Waals surface area contributed by atoms with Crippen molar-refractivity contribution in [2.24, 2.45) is 5.73 Å². The van der Waals surface area contributed by atoms with Gasteiger partial charge < -0.3 is 63.4 Å². The van der Waals surface area contributed by atoms with Crippen LogP contribution in [0.3, 0.4) is 0 Å². The average molecular weight is 1560 g/mol. The normalized spacial score (nSPS) is 13.8. The minimum atomic E-state index is -0.0595. The lowest BCUT2D eigenvalue weighted by molar-refractivity contribution is 0.0934. The van der Waals surface area contributed by atoms with Crippen LogP contribution in [0.25, 0.3) is 0 Å². The van der Waals surface area contributed by atoms with Crippen LogP contribution in [0.4, 0.5) is 5.69 Å². The van der Waals surface area contributed by atoms with Crippen molar-refractivity contribution >= 4 is 41.1 Å². The van der Waals surface area contributed by atoms with Crippen LogP contribution < -0.4 is 53.6 Å². The van der Waals surface area contributed by atoms with Gasteiger partial charge in [0.05, 0.1) is 0 Å². The summed E-state index contributed by atoms with van der Waals surface area (Å²) in [5.41, 5.74) is 18.3. The molecule has 0 radical (unpaired) electrons. The van der Waals surface area contributed by atoms with Gasteiger partial charge in [-0.3, -0.25) is 38.6 Å². The van der Waals surface area contributed by atoms with Gasteiger partial charge in [0.25, 0.3) is 35.4 Å². The summed E-state index contributed by atoms with van der Waals surface area (Å²) in [7, 11) is 2.15. The topological polar surface area (TPSA) is 250 Å². The Kier molecular flexibility index (Phi) is 45.7. The molecule has 0 unspecified atom stereocenters. The summed E-state index contributed by atoms with van der Waals surface area (Å²) in [5, 5.41) is 27.3. The number of piperazine rings is 2. The summed E-state index contributed by atoms with van der Waals surface area (Å²) in [5.74, 6) is 2.98. The number of amides is 6. The number of hydrogen-bond donors (Lipinski definition) is 10. The van der Waals surface area contributed by atoms with Crippen molar-refractivity contribution in [3.63, 3.8) is 0 Å². The summed E-state index contributed by atoms with van der Waals surface area (Å²) >= 11 is 0. The third kappa shape index (κ3) is 37.9. The minimum absolute atomic E-state index is 0.00166. The predicted octanol–water partition coefficient (Wildman–Crippen LogP) is 13.6. The maximum atomic E-state index is 12.1. The van der Waals surface area contributed by atoms with Gasteiger partial charge >= 0.3 is 0 Å². The first-order valence-electron chi connectivity index (χ1n) is 41.9. The molecule has 0 bridgehead atoms. The molecular formula is C94H140N14O6. The monoisotopic (exact) mass is 1560 g/mol. The fraction of sp³-hybridized carbons (Fsp3) is 0.489. The van der Waals surface area contributed by atoms with Gasteiger partial charge in [0, 0.05) is 170 Å². The number of hydrogen-bond acceptors (Lipinski definition) is 14. The number of anilines is 1. The van der Waals surface area contributed by atoms with Crippen molar-refractivity contribution in [1.29, 1.82) is 0 Å². The highest BCUT2D eigenvalue weighted by molar-refractivity contribution is 5.97.